The number of aryl methyl sites for hydroxylation is 1. The lowest BCUT2D eigenvalue weighted by molar-refractivity contribution is 1.33. The molecule has 0 aliphatic carbocycles. The van der Waals surface area contributed by atoms with Gasteiger partial charge in [-0.25, -0.2) is 4.98 Å². The molecule has 0 fully saturated rings. The van der Waals surface area contributed by atoms with Crippen LogP contribution in [0.3, 0.4) is 0 Å². The molecule has 3 aromatic carbocycles. The Morgan fingerprint density at radius 1 is 0.781 bits per heavy atom. The molecule has 0 unspecified atom stereocenters. The zero-order chi connectivity index (χ0) is 22.1. The molecule has 0 saturated heterocycles. The fourth-order valence-corrected chi connectivity index (χ4v) is 3.89. The van der Waals surface area contributed by atoms with Crippen LogP contribution in [0.2, 0.25) is 5.02 Å². The Kier molecular flexibility index (Phi) is 5.21. The van der Waals surface area contributed by atoms with Gasteiger partial charge in [-0.2, -0.15) is 0 Å². The number of fused-ring (bicyclic) bond motifs is 1. The molecule has 0 amide bonds. The van der Waals surface area contributed by atoms with Crippen molar-refractivity contribution < 1.29 is 0 Å². The molecule has 2 aromatic heterocycles. The van der Waals surface area contributed by atoms with Gasteiger partial charge in [-0.15, -0.1) is 0 Å². The third-order valence-corrected chi connectivity index (χ3v) is 5.63. The maximum atomic E-state index is 6.12. The molecule has 0 aliphatic rings. The zero-order valence-corrected chi connectivity index (χ0v) is 18.3. The van der Waals surface area contributed by atoms with Crippen LogP contribution in [-0.2, 0) is 0 Å². The average Bonchev–Trinajstić information content (AvgIpc) is 2.79. The molecule has 0 saturated carbocycles. The number of hydrogen-bond acceptors (Lipinski definition) is 4. The van der Waals surface area contributed by atoms with E-state index in [4.69, 9.17) is 17.3 Å². The number of aromatic nitrogens is 2. The molecule has 5 rings (SSSR count). The molecule has 0 atom stereocenters. The third-order valence-electron chi connectivity index (χ3n) is 5.39. The van der Waals surface area contributed by atoms with Gasteiger partial charge >= 0.3 is 0 Å². The van der Waals surface area contributed by atoms with Gasteiger partial charge in [0.15, 0.2) is 0 Å². The fourth-order valence-electron chi connectivity index (χ4n) is 3.72. The lowest BCUT2D eigenvalue weighted by Crippen LogP contribution is -1.95. The van der Waals surface area contributed by atoms with Gasteiger partial charge < -0.3 is 11.1 Å². The highest BCUT2D eigenvalue weighted by Crippen LogP contribution is 2.30. The number of benzene rings is 3. The van der Waals surface area contributed by atoms with Crippen molar-refractivity contribution in [1.82, 2.24) is 9.97 Å². The Morgan fingerprint density at radius 3 is 2.31 bits per heavy atom. The third kappa shape index (κ3) is 4.13. The van der Waals surface area contributed by atoms with Crippen molar-refractivity contribution in [2.24, 2.45) is 0 Å². The van der Waals surface area contributed by atoms with E-state index in [2.05, 4.69) is 52.5 Å². The summed E-state index contributed by atoms with van der Waals surface area (Å²) < 4.78 is 0. The summed E-state index contributed by atoms with van der Waals surface area (Å²) in [5.74, 6) is 0.502. The minimum Gasteiger partial charge on any atom is -0.384 e. The van der Waals surface area contributed by atoms with Gasteiger partial charge in [0.1, 0.15) is 5.82 Å². The van der Waals surface area contributed by atoms with E-state index in [1.165, 1.54) is 5.56 Å². The average molecular weight is 437 g/mol. The van der Waals surface area contributed by atoms with Crippen molar-refractivity contribution in [3.63, 3.8) is 0 Å². The van der Waals surface area contributed by atoms with Gasteiger partial charge in [-0.3, -0.25) is 4.98 Å². The Hall–Kier alpha value is -3.89. The van der Waals surface area contributed by atoms with E-state index in [1.807, 2.05) is 54.6 Å². The molecule has 0 radical (unpaired) electrons. The number of nitrogen functional groups attached to an aromatic ring is 1. The minimum absolute atomic E-state index is 0.502. The topological polar surface area (TPSA) is 63.8 Å². The van der Waals surface area contributed by atoms with Crippen molar-refractivity contribution in [3.8, 4) is 22.4 Å². The van der Waals surface area contributed by atoms with Gasteiger partial charge in [0.05, 0.1) is 11.2 Å². The van der Waals surface area contributed by atoms with Crippen molar-refractivity contribution in [1.29, 1.82) is 0 Å². The van der Waals surface area contributed by atoms with E-state index in [1.54, 1.807) is 6.20 Å². The molecule has 32 heavy (non-hydrogen) atoms. The van der Waals surface area contributed by atoms with Crippen LogP contribution in [0.15, 0.2) is 91.1 Å². The number of nitrogens with two attached hydrogens (primary N) is 1. The molecule has 5 aromatic rings. The first-order chi connectivity index (χ1) is 15.5. The van der Waals surface area contributed by atoms with Gasteiger partial charge in [0.2, 0.25) is 0 Å². The van der Waals surface area contributed by atoms with Crippen LogP contribution in [0.1, 0.15) is 5.56 Å². The first-order valence-electron chi connectivity index (χ1n) is 10.3. The van der Waals surface area contributed by atoms with Crippen LogP contribution in [0.4, 0.5) is 17.2 Å². The van der Waals surface area contributed by atoms with Gasteiger partial charge in [0.25, 0.3) is 0 Å². The van der Waals surface area contributed by atoms with Crippen molar-refractivity contribution in [3.05, 3.63) is 102 Å². The summed E-state index contributed by atoms with van der Waals surface area (Å²) in [6.45, 7) is 2.08. The summed E-state index contributed by atoms with van der Waals surface area (Å²) in [4.78, 5) is 8.95. The highest BCUT2D eigenvalue weighted by atomic mass is 35.5. The molecule has 4 nitrogen and oxygen atoms in total. The van der Waals surface area contributed by atoms with Crippen LogP contribution in [0.25, 0.3) is 33.3 Å². The van der Waals surface area contributed by atoms with Crippen molar-refractivity contribution >= 4 is 39.7 Å². The van der Waals surface area contributed by atoms with E-state index in [0.717, 1.165) is 44.7 Å². The quantitative estimate of drug-likeness (QED) is 0.311. The monoisotopic (exact) mass is 436 g/mol. The van der Waals surface area contributed by atoms with Crippen molar-refractivity contribution in [2.75, 3.05) is 11.1 Å². The molecule has 0 spiro atoms. The van der Waals surface area contributed by atoms with E-state index < -0.39 is 0 Å². The molecular formula is C27H21ClN4. The smallest absolute Gasteiger partial charge is 0.124 e. The zero-order valence-electron chi connectivity index (χ0n) is 17.5. The van der Waals surface area contributed by atoms with Gasteiger partial charge in [-0.05, 0) is 66.6 Å². The van der Waals surface area contributed by atoms with Crippen LogP contribution in [-0.4, -0.2) is 9.97 Å². The van der Waals surface area contributed by atoms with E-state index >= 15 is 0 Å². The normalized spacial score (nSPS) is 10.9. The molecule has 3 N–H and O–H groups in total. The molecular weight excluding hydrogens is 416 g/mol. The fraction of sp³-hybridized carbons (Fsp3) is 0.0370. The summed E-state index contributed by atoms with van der Waals surface area (Å²) in [5.41, 5.74) is 14.2. The highest BCUT2D eigenvalue weighted by Gasteiger charge is 2.07. The van der Waals surface area contributed by atoms with Crippen molar-refractivity contribution in [2.45, 2.75) is 6.92 Å². The Balaban J connectivity index is 1.44. The Labute approximate surface area is 191 Å². The van der Waals surface area contributed by atoms with E-state index in [-0.39, 0.29) is 0 Å². The standard InChI is InChI=1S/C27H21ClN4/c1-17-2-4-18(5-3-17)20-14-25(32-27(29)15-20)19-6-9-22(10-7-19)31-24-12-13-30-26-16-21(28)8-11-23(24)26/h2-16H,1H3,(H2,29,32)(H,30,31). The van der Waals surface area contributed by atoms with Gasteiger partial charge in [0, 0.05) is 33.5 Å². The van der Waals surface area contributed by atoms with E-state index in [9.17, 15) is 0 Å². The molecule has 0 aliphatic heterocycles. The first kappa shape index (κ1) is 20.0. The molecule has 0 bridgehead atoms. The van der Waals surface area contributed by atoms with Crippen LogP contribution in [0, 0.1) is 6.92 Å². The largest absolute Gasteiger partial charge is 0.384 e. The lowest BCUT2D eigenvalue weighted by atomic mass is 10.0. The number of nitrogens with one attached hydrogen (secondary N) is 1. The maximum absolute atomic E-state index is 6.12. The first-order valence-corrected chi connectivity index (χ1v) is 10.7. The molecule has 2 heterocycles. The van der Waals surface area contributed by atoms with Crippen LogP contribution < -0.4 is 11.1 Å². The summed E-state index contributed by atoms with van der Waals surface area (Å²) >= 11 is 6.10. The maximum Gasteiger partial charge on any atom is 0.124 e. The second-order valence-corrected chi connectivity index (χ2v) is 8.19. The molecule has 5 heteroatoms. The number of rotatable bonds is 4. The highest BCUT2D eigenvalue weighted by molar-refractivity contribution is 6.31. The number of hydrogen-bond donors (Lipinski definition) is 2. The Morgan fingerprint density at radius 2 is 1.53 bits per heavy atom. The lowest BCUT2D eigenvalue weighted by Gasteiger charge is -2.11. The van der Waals surface area contributed by atoms with E-state index in [0.29, 0.717) is 10.8 Å². The second-order valence-electron chi connectivity index (χ2n) is 7.75. The second kappa shape index (κ2) is 8.33. The van der Waals surface area contributed by atoms with Gasteiger partial charge in [-0.1, -0.05) is 53.6 Å². The molecule has 156 valence electrons. The van der Waals surface area contributed by atoms with Crippen LogP contribution in [0.5, 0.6) is 0 Å². The summed E-state index contributed by atoms with van der Waals surface area (Å²) in [6, 6.07) is 28.2. The number of halogens is 1. The summed E-state index contributed by atoms with van der Waals surface area (Å²) in [7, 11) is 0. The number of nitrogens with zero attached hydrogens (tertiary/aromatic N) is 2. The SMILES string of the molecule is Cc1ccc(-c2cc(N)nc(-c3ccc(Nc4ccnc5cc(Cl)ccc45)cc3)c2)cc1. The summed E-state index contributed by atoms with van der Waals surface area (Å²) in [5, 5.41) is 5.16. The predicted molar refractivity (Wildman–Crippen MR) is 134 cm³/mol. The summed E-state index contributed by atoms with van der Waals surface area (Å²) in [6.07, 6.45) is 1.78. The minimum atomic E-state index is 0.502. The van der Waals surface area contributed by atoms with Crippen LogP contribution >= 0.6 is 11.6 Å². The predicted octanol–water partition coefficient (Wildman–Crippen LogP) is 7.25. The number of pyridine rings is 2. The number of anilines is 3. The Bertz CT molecular complexity index is 1410.